The SMILES string of the molecule is COC(=O)CCNCC(=O)Nc1cc(C(=O)O)ccc1Cl. The molecule has 0 aliphatic rings. The molecule has 1 amide bonds. The Bertz CT molecular complexity index is 547. The van der Waals surface area contributed by atoms with E-state index in [1.165, 1.54) is 25.3 Å². The molecule has 0 aliphatic heterocycles. The first-order chi connectivity index (χ1) is 9.93. The summed E-state index contributed by atoms with van der Waals surface area (Å²) in [5.74, 6) is -1.89. The number of hydrogen-bond acceptors (Lipinski definition) is 5. The van der Waals surface area contributed by atoms with E-state index < -0.39 is 11.9 Å². The molecule has 1 aromatic rings. The van der Waals surface area contributed by atoms with Gasteiger partial charge in [-0.05, 0) is 18.2 Å². The van der Waals surface area contributed by atoms with Gasteiger partial charge >= 0.3 is 11.9 Å². The maximum atomic E-state index is 11.7. The second-order valence-electron chi connectivity index (χ2n) is 4.05. The Morgan fingerprint density at radius 1 is 1.33 bits per heavy atom. The molecule has 3 N–H and O–H groups in total. The van der Waals surface area contributed by atoms with Crippen LogP contribution in [-0.4, -0.2) is 43.2 Å². The standard InChI is InChI=1S/C13H15ClN2O5/c1-21-12(18)4-5-15-7-11(17)16-10-6-8(13(19)20)2-3-9(10)14/h2-3,6,15H,4-5,7H2,1H3,(H,16,17)(H,19,20). The lowest BCUT2D eigenvalue weighted by atomic mass is 10.2. The lowest BCUT2D eigenvalue weighted by Gasteiger charge is -2.09. The second kappa shape index (κ2) is 8.23. The lowest BCUT2D eigenvalue weighted by Crippen LogP contribution is -2.30. The number of carbonyl (C=O) groups is 3. The third kappa shape index (κ3) is 5.80. The van der Waals surface area contributed by atoms with Crippen LogP contribution >= 0.6 is 11.6 Å². The summed E-state index contributed by atoms with van der Waals surface area (Å²) in [4.78, 5) is 33.4. The van der Waals surface area contributed by atoms with Gasteiger partial charge in [0.2, 0.25) is 5.91 Å². The van der Waals surface area contributed by atoms with Gasteiger partial charge in [-0.3, -0.25) is 9.59 Å². The van der Waals surface area contributed by atoms with Crippen LogP contribution in [0.15, 0.2) is 18.2 Å². The first kappa shape index (κ1) is 16.9. The van der Waals surface area contributed by atoms with Crippen LogP contribution in [0.5, 0.6) is 0 Å². The van der Waals surface area contributed by atoms with E-state index in [-0.39, 0.29) is 35.2 Å². The maximum Gasteiger partial charge on any atom is 0.335 e. The number of ether oxygens (including phenoxy) is 1. The van der Waals surface area contributed by atoms with Gasteiger partial charge in [-0.15, -0.1) is 0 Å². The molecule has 0 saturated carbocycles. The molecule has 0 aliphatic carbocycles. The zero-order chi connectivity index (χ0) is 15.8. The molecule has 0 saturated heterocycles. The minimum absolute atomic E-state index is 0.0216. The average molecular weight is 315 g/mol. The number of anilines is 1. The summed E-state index contributed by atoms with van der Waals surface area (Å²) in [5.41, 5.74) is 0.240. The number of hydrogen-bond donors (Lipinski definition) is 3. The minimum Gasteiger partial charge on any atom is -0.478 e. The number of methoxy groups -OCH3 is 1. The van der Waals surface area contributed by atoms with Crippen LogP contribution in [-0.2, 0) is 14.3 Å². The third-order valence-electron chi connectivity index (χ3n) is 2.51. The zero-order valence-corrected chi connectivity index (χ0v) is 12.1. The summed E-state index contributed by atoms with van der Waals surface area (Å²) in [6.07, 6.45) is 0.152. The minimum atomic E-state index is -1.11. The molecule has 0 radical (unpaired) electrons. The lowest BCUT2D eigenvalue weighted by molar-refractivity contribution is -0.140. The zero-order valence-electron chi connectivity index (χ0n) is 11.3. The van der Waals surface area contributed by atoms with Gasteiger partial charge in [0.1, 0.15) is 0 Å². The number of halogens is 1. The van der Waals surface area contributed by atoms with Crippen molar-refractivity contribution in [2.24, 2.45) is 0 Å². The Kier molecular flexibility index (Phi) is 6.64. The fourth-order valence-corrected chi connectivity index (χ4v) is 1.61. The van der Waals surface area contributed by atoms with Crippen LogP contribution in [0.3, 0.4) is 0 Å². The van der Waals surface area contributed by atoms with Crippen molar-refractivity contribution in [3.05, 3.63) is 28.8 Å². The van der Waals surface area contributed by atoms with Crippen molar-refractivity contribution in [1.82, 2.24) is 5.32 Å². The summed E-state index contributed by atoms with van der Waals surface area (Å²) in [6.45, 7) is 0.258. The van der Waals surface area contributed by atoms with Gasteiger partial charge in [0.15, 0.2) is 0 Å². The first-order valence-corrected chi connectivity index (χ1v) is 6.42. The average Bonchev–Trinajstić information content (AvgIpc) is 2.45. The number of carboxylic acid groups (broad SMARTS) is 1. The molecule has 1 aromatic carbocycles. The van der Waals surface area contributed by atoms with E-state index in [1.807, 2.05) is 0 Å². The largest absolute Gasteiger partial charge is 0.478 e. The number of amides is 1. The van der Waals surface area contributed by atoms with Gasteiger partial charge in [0.05, 0.1) is 36.3 Å². The first-order valence-electron chi connectivity index (χ1n) is 6.04. The van der Waals surface area contributed by atoms with E-state index in [0.29, 0.717) is 6.54 Å². The molecule has 0 atom stereocenters. The summed E-state index contributed by atoms with van der Waals surface area (Å²) in [5, 5.41) is 14.4. The molecule has 21 heavy (non-hydrogen) atoms. The molecule has 0 spiro atoms. The highest BCUT2D eigenvalue weighted by Gasteiger charge is 2.10. The molecule has 1 rings (SSSR count). The highest BCUT2D eigenvalue weighted by molar-refractivity contribution is 6.33. The van der Waals surface area contributed by atoms with Crippen molar-refractivity contribution in [2.45, 2.75) is 6.42 Å². The second-order valence-corrected chi connectivity index (χ2v) is 4.46. The van der Waals surface area contributed by atoms with Crippen LogP contribution in [0, 0.1) is 0 Å². The number of esters is 1. The number of rotatable bonds is 7. The van der Waals surface area contributed by atoms with Crippen LogP contribution in [0.2, 0.25) is 5.02 Å². The van der Waals surface area contributed by atoms with Gasteiger partial charge in [-0.1, -0.05) is 11.6 Å². The van der Waals surface area contributed by atoms with Crippen LogP contribution in [0.4, 0.5) is 5.69 Å². The van der Waals surface area contributed by atoms with E-state index in [0.717, 1.165) is 0 Å². The van der Waals surface area contributed by atoms with E-state index >= 15 is 0 Å². The van der Waals surface area contributed by atoms with Crippen LogP contribution in [0.1, 0.15) is 16.8 Å². The van der Waals surface area contributed by atoms with E-state index in [9.17, 15) is 14.4 Å². The van der Waals surface area contributed by atoms with Gasteiger partial charge in [-0.25, -0.2) is 4.79 Å². The highest BCUT2D eigenvalue weighted by atomic mass is 35.5. The molecule has 0 fully saturated rings. The summed E-state index contributed by atoms with van der Waals surface area (Å²) < 4.78 is 4.45. The molecule has 0 bridgehead atoms. The monoisotopic (exact) mass is 314 g/mol. The topological polar surface area (TPSA) is 105 Å². The Balaban J connectivity index is 2.49. The predicted octanol–water partition coefficient (Wildman–Crippen LogP) is 1.13. The molecule has 0 aromatic heterocycles. The Labute approximate surface area is 126 Å². The highest BCUT2D eigenvalue weighted by Crippen LogP contribution is 2.22. The molecular formula is C13H15ClN2O5. The number of nitrogens with one attached hydrogen (secondary N) is 2. The van der Waals surface area contributed by atoms with Crippen LogP contribution in [0.25, 0.3) is 0 Å². The summed E-state index contributed by atoms with van der Waals surface area (Å²) in [6, 6.07) is 4.01. The van der Waals surface area contributed by atoms with Crippen molar-refractivity contribution in [3.63, 3.8) is 0 Å². The smallest absolute Gasteiger partial charge is 0.335 e. The number of aromatic carboxylic acids is 1. The van der Waals surface area contributed by atoms with Crippen molar-refractivity contribution in [3.8, 4) is 0 Å². The third-order valence-corrected chi connectivity index (χ3v) is 2.84. The molecule has 0 heterocycles. The maximum absolute atomic E-state index is 11.7. The van der Waals surface area contributed by atoms with Gasteiger partial charge in [0.25, 0.3) is 0 Å². The fraction of sp³-hybridized carbons (Fsp3) is 0.308. The molecule has 0 unspecified atom stereocenters. The van der Waals surface area contributed by atoms with Crippen molar-refractivity contribution >= 4 is 35.1 Å². The van der Waals surface area contributed by atoms with Gasteiger partial charge in [-0.2, -0.15) is 0 Å². The molecule has 8 heteroatoms. The van der Waals surface area contributed by atoms with Crippen LogP contribution < -0.4 is 10.6 Å². The quantitative estimate of drug-likeness (QED) is 0.515. The number of benzene rings is 1. The summed E-state index contributed by atoms with van der Waals surface area (Å²) >= 11 is 5.88. The van der Waals surface area contributed by atoms with Gasteiger partial charge in [0, 0.05) is 6.54 Å². The molecular weight excluding hydrogens is 300 g/mol. The normalized spacial score (nSPS) is 10.0. The fourth-order valence-electron chi connectivity index (χ4n) is 1.44. The van der Waals surface area contributed by atoms with Crippen molar-refractivity contribution in [1.29, 1.82) is 0 Å². The van der Waals surface area contributed by atoms with Crippen molar-refractivity contribution in [2.75, 3.05) is 25.5 Å². The van der Waals surface area contributed by atoms with Gasteiger partial charge < -0.3 is 20.5 Å². The summed E-state index contributed by atoms with van der Waals surface area (Å²) in [7, 11) is 1.28. The number of carboxylic acids is 1. The Hall–Kier alpha value is -2.12. The number of carbonyl (C=O) groups excluding carboxylic acids is 2. The van der Waals surface area contributed by atoms with E-state index in [1.54, 1.807) is 0 Å². The Morgan fingerprint density at radius 3 is 2.67 bits per heavy atom. The van der Waals surface area contributed by atoms with E-state index in [4.69, 9.17) is 16.7 Å². The van der Waals surface area contributed by atoms with E-state index in [2.05, 4.69) is 15.4 Å². The Morgan fingerprint density at radius 2 is 2.05 bits per heavy atom. The van der Waals surface area contributed by atoms with Crippen molar-refractivity contribution < 1.29 is 24.2 Å². The predicted molar refractivity (Wildman–Crippen MR) is 76.5 cm³/mol. The molecule has 7 nitrogen and oxygen atoms in total. The molecule has 114 valence electrons.